The lowest BCUT2D eigenvalue weighted by atomic mass is 9.82. The van der Waals surface area contributed by atoms with Crippen LogP contribution in [0, 0.1) is 17.8 Å². The van der Waals surface area contributed by atoms with Gasteiger partial charge in [-0.1, -0.05) is 47.6 Å². The molecule has 38 heavy (non-hydrogen) atoms. The molecule has 1 amide bonds. The fourth-order valence-electron chi connectivity index (χ4n) is 5.81. The van der Waals surface area contributed by atoms with Crippen molar-refractivity contribution < 1.29 is 13.2 Å². The van der Waals surface area contributed by atoms with Crippen LogP contribution in [0.25, 0.3) is 0 Å². The number of pyridine rings is 2. The molecule has 4 rings (SSSR count). The van der Waals surface area contributed by atoms with Crippen LogP contribution in [0.5, 0.6) is 0 Å². The Labute approximate surface area is 228 Å². The van der Waals surface area contributed by atoms with Gasteiger partial charge in [0.2, 0.25) is 0 Å². The Morgan fingerprint density at radius 3 is 2.50 bits per heavy atom. The average Bonchev–Trinajstić information content (AvgIpc) is 3.12. The fourth-order valence-corrected chi connectivity index (χ4v) is 6.74. The quantitative estimate of drug-likeness (QED) is 0.527. The van der Waals surface area contributed by atoms with Crippen LogP contribution in [0.15, 0.2) is 35.4 Å². The Hall–Kier alpha value is -2.68. The molecule has 0 saturated carbocycles. The highest BCUT2D eigenvalue weighted by Crippen LogP contribution is 2.42. The van der Waals surface area contributed by atoms with Crippen LogP contribution < -0.4 is 14.9 Å². The topological polar surface area (TPSA) is 104 Å². The van der Waals surface area contributed by atoms with Gasteiger partial charge in [-0.15, -0.1) is 0 Å². The van der Waals surface area contributed by atoms with E-state index in [4.69, 9.17) is 4.98 Å². The highest BCUT2D eigenvalue weighted by Gasteiger charge is 2.43. The summed E-state index contributed by atoms with van der Waals surface area (Å²) in [4.78, 5) is 25.1. The molecular formula is C29H43N5O3S. The zero-order chi connectivity index (χ0) is 28.0. The predicted molar refractivity (Wildman–Crippen MR) is 152 cm³/mol. The second kappa shape index (κ2) is 10.1. The zero-order valence-electron chi connectivity index (χ0n) is 24.0. The van der Waals surface area contributed by atoms with E-state index in [-0.39, 0.29) is 27.6 Å². The van der Waals surface area contributed by atoms with Crippen molar-refractivity contribution in [2.45, 2.75) is 96.7 Å². The second-order valence-electron chi connectivity index (χ2n) is 13.2. The van der Waals surface area contributed by atoms with Gasteiger partial charge in [-0.3, -0.25) is 4.79 Å². The smallest absolute Gasteiger partial charge is 0.281 e. The molecule has 3 atom stereocenters. The summed E-state index contributed by atoms with van der Waals surface area (Å²) in [5.41, 5.74) is 0.628. The second-order valence-corrected chi connectivity index (χ2v) is 14.8. The van der Waals surface area contributed by atoms with E-state index >= 15 is 0 Å². The van der Waals surface area contributed by atoms with Crippen LogP contribution in [0.3, 0.4) is 0 Å². The predicted octanol–water partition coefficient (Wildman–Crippen LogP) is 5.36. The molecule has 2 aliphatic heterocycles. The monoisotopic (exact) mass is 541 g/mol. The number of hydrogen-bond donors (Lipinski definition) is 2. The summed E-state index contributed by atoms with van der Waals surface area (Å²) in [5, 5.41) is 3.32. The molecule has 4 bridgehead atoms. The van der Waals surface area contributed by atoms with Crippen LogP contribution in [-0.4, -0.2) is 42.4 Å². The lowest BCUT2D eigenvalue weighted by molar-refractivity contribution is 0.0981. The SMILES string of the molecule is CC(C)CC1C[C@H](C)[C@@H]2CN(c3nc(C(C)(C)C)ccc3C(=O)NS(=O)(=O)c3cccc(n3)N1)C(C)(C)C2. The van der Waals surface area contributed by atoms with Crippen molar-refractivity contribution in [1.82, 2.24) is 14.7 Å². The third kappa shape index (κ3) is 5.98. The number of rotatable bonds is 2. The fraction of sp³-hybridized carbons (Fsp3) is 0.621. The standard InChI is InChI=1S/C29H43N5O3S/c1-18(2)14-21-15-19(3)20-16-29(7,8)34(17-20)26-22(12-13-23(31-26)28(4,5)6)27(35)33-38(36,37)25-11-9-10-24(30-21)32-25/h9-13,18-21H,14-17H2,1-8H3,(H,30,32)(H,33,35)/t19-,20-,21?/m0/s1. The van der Waals surface area contributed by atoms with Gasteiger partial charge in [0.15, 0.2) is 5.03 Å². The Morgan fingerprint density at radius 1 is 1.13 bits per heavy atom. The maximum absolute atomic E-state index is 13.5. The molecule has 2 aromatic rings. The Morgan fingerprint density at radius 2 is 1.84 bits per heavy atom. The first-order valence-electron chi connectivity index (χ1n) is 13.7. The van der Waals surface area contributed by atoms with Crippen molar-refractivity contribution in [2.24, 2.45) is 17.8 Å². The minimum Gasteiger partial charge on any atom is -0.367 e. The third-order valence-electron chi connectivity index (χ3n) is 7.85. The van der Waals surface area contributed by atoms with E-state index in [1.807, 2.05) is 6.07 Å². The highest BCUT2D eigenvalue weighted by atomic mass is 32.2. The number of anilines is 2. The number of aromatic nitrogens is 2. The van der Waals surface area contributed by atoms with Gasteiger partial charge in [0.1, 0.15) is 11.6 Å². The van der Waals surface area contributed by atoms with Crippen LogP contribution >= 0.6 is 0 Å². The Bertz CT molecular complexity index is 1300. The lowest BCUT2D eigenvalue weighted by Crippen LogP contribution is -2.41. The summed E-state index contributed by atoms with van der Waals surface area (Å²) < 4.78 is 28.8. The number of nitrogens with zero attached hydrogens (tertiary/aromatic N) is 3. The van der Waals surface area contributed by atoms with Crippen molar-refractivity contribution in [1.29, 1.82) is 0 Å². The molecule has 0 aromatic carbocycles. The summed E-state index contributed by atoms with van der Waals surface area (Å²) >= 11 is 0. The summed E-state index contributed by atoms with van der Waals surface area (Å²) in [6.07, 6.45) is 2.83. The molecular weight excluding hydrogens is 498 g/mol. The van der Waals surface area contributed by atoms with Crippen LogP contribution in [-0.2, 0) is 15.4 Å². The van der Waals surface area contributed by atoms with Gasteiger partial charge in [-0.2, -0.15) is 8.42 Å². The van der Waals surface area contributed by atoms with Crippen molar-refractivity contribution in [3.8, 4) is 0 Å². The zero-order valence-corrected chi connectivity index (χ0v) is 24.8. The molecule has 2 aromatic heterocycles. The van der Waals surface area contributed by atoms with E-state index in [9.17, 15) is 13.2 Å². The Balaban J connectivity index is 1.87. The molecule has 9 heteroatoms. The van der Waals surface area contributed by atoms with Crippen molar-refractivity contribution in [3.63, 3.8) is 0 Å². The summed E-state index contributed by atoms with van der Waals surface area (Å²) in [7, 11) is -4.20. The van der Waals surface area contributed by atoms with Gasteiger partial charge in [0.05, 0.1) is 5.56 Å². The van der Waals surface area contributed by atoms with Crippen LogP contribution in [0.4, 0.5) is 11.6 Å². The first-order chi connectivity index (χ1) is 17.6. The van der Waals surface area contributed by atoms with E-state index < -0.39 is 15.9 Å². The molecule has 2 aliphatic rings. The minimum atomic E-state index is -4.20. The number of nitrogens with one attached hydrogen (secondary N) is 2. The number of carbonyl (C=O) groups excluding carboxylic acids is 1. The number of fused-ring (bicyclic) bond motifs is 6. The van der Waals surface area contributed by atoms with Crippen LogP contribution in [0.2, 0.25) is 0 Å². The number of sulfonamides is 1. The van der Waals surface area contributed by atoms with Gasteiger partial charge in [0, 0.05) is 29.2 Å². The highest BCUT2D eigenvalue weighted by molar-refractivity contribution is 7.90. The van der Waals surface area contributed by atoms with Gasteiger partial charge in [-0.05, 0) is 75.1 Å². The summed E-state index contributed by atoms with van der Waals surface area (Å²) in [6.45, 7) is 18.1. The van der Waals surface area contributed by atoms with E-state index in [2.05, 4.69) is 75.3 Å². The van der Waals surface area contributed by atoms with E-state index in [0.29, 0.717) is 29.4 Å². The van der Waals surface area contributed by atoms with Gasteiger partial charge >= 0.3 is 0 Å². The molecule has 2 N–H and O–H groups in total. The normalized spacial score (nSPS) is 25.1. The lowest BCUT2D eigenvalue weighted by Gasteiger charge is -2.34. The molecule has 4 heterocycles. The van der Waals surface area contributed by atoms with E-state index in [1.54, 1.807) is 18.2 Å². The molecule has 0 spiro atoms. The van der Waals surface area contributed by atoms with Gasteiger partial charge in [0.25, 0.3) is 15.9 Å². The Kier molecular flexibility index (Phi) is 7.55. The van der Waals surface area contributed by atoms with Crippen molar-refractivity contribution >= 4 is 27.6 Å². The minimum absolute atomic E-state index is 0.144. The van der Waals surface area contributed by atoms with E-state index in [1.165, 1.54) is 6.07 Å². The van der Waals surface area contributed by atoms with Crippen LogP contribution in [0.1, 0.15) is 90.7 Å². The van der Waals surface area contributed by atoms with Gasteiger partial charge < -0.3 is 10.2 Å². The number of amides is 1. The van der Waals surface area contributed by atoms with E-state index in [0.717, 1.165) is 31.5 Å². The summed E-state index contributed by atoms with van der Waals surface area (Å²) in [5.74, 6) is 1.60. The molecule has 0 aliphatic carbocycles. The largest absolute Gasteiger partial charge is 0.367 e. The maximum Gasteiger partial charge on any atom is 0.281 e. The molecule has 0 radical (unpaired) electrons. The van der Waals surface area contributed by atoms with Gasteiger partial charge in [-0.25, -0.2) is 14.7 Å². The number of hydrogen-bond acceptors (Lipinski definition) is 7. The molecule has 8 nitrogen and oxygen atoms in total. The number of carbonyl (C=O) groups is 1. The molecule has 1 unspecified atom stereocenters. The molecule has 1 saturated heterocycles. The van der Waals surface area contributed by atoms with Crippen molar-refractivity contribution in [3.05, 3.63) is 41.6 Å². The molecule has 1 fully saturated rings. The first-order valence-corrected chi connectivity index (χ1v) is 15.1. The summed E-state index contributed by atoms with van der Waals surface area (Å²) in [6, 6.07) is 8.53. The average molecular weight is 542 g/mol. The first kappa shape index (κ1) is 28.3. The maximum atomic E-state index is 13.5. The van der Waals surface area contributed by atoms with Crippen molar-refractivity contribution in [2.75, 3.05) is 16.8 Å². The third-order valence-corrected chi connectivity index (χ3v) is 9.08. The molecule has 208 valence electrons.